The third-order valence-electron chi connectivity index (χ3n) is 5.43. The molecule has 2 aliphatic rings. The van der Waals surface area contributed by atoms with Gasteiger partial charge in [-0.3, -0.25) is 9.79 Å². The Kier molecular flexibility index (Phi) is 7.95. The Bertz CT molecular complexity index is 877. The zero-order valence-electron chi connectivity index (χ0n) is 17.3. The van der Waals surface area contributed by atoms with Crippen LogP contribution in [0.2, 0.25) is 0 Å². The molecule has 1 unspecified atom stereocenters. The van der Waals surface area contributed by atoms with E-state index >= 15 is 0 Å². The van der Waals surface area contributed by atoms with Gasteiger partial charge in [0, 0.05) is 39.5 Å². The van der Waals surface area contributed by atoms with Gasteiger partial charge in [0.1, 0.15) is 11.9 Å². The summed E-state index contributed by atoms with van der Waals surface area (Å²) in [6.45, 7) is 2.93. The predicted octanol–water partition coefficient (Wildman–Crippen LogP) is 3.10. The second kappa shape index (κ2) is 10.7. The number of fused-ring (bicyclic) bond motifs is 1. The highest BCUT2D eigenvalue weighted by Crippen LogP contribution is 2.27. The van der Waals surface area contributed by atoms with Gasteiger partial charge in [0.15, 0.2) is 5.96 Å². The smallest absolute Gasteiger partial charge is 0.222 e. The highest BCUT2D eigenvalue weighted by molar-refractivity contribution is 14.0. The van der Waals surface area contributed by atoms with Crippen LogP contribution in [0.4, 0.5) is 0 Å². The van der Waals surface area contributed by atoms with Gasteiger partial charge in [-0.1, -0.05) is 42.5 Å². The summed E-state index contributed by atoms with van der Waals surface area (Å²) in [4.78, 5) is 18.1. The van der Waals surface area contributed by atoms with Gasteiger partial charge in [-0.2, -0.15) is 0 Å². The predicted molar refractivity (Wildman–Crippen MR) is 129 cm³/mol. The average molecular weight is 520 g/mol. The second-order valence-electron chi connectivity index (χ2n) is 7.60. The fraction of sp³-hybridized carbons (Fsp3) is 0.391. The van der Waals surface area contributed by atoms with Crippen LogP contribution >= 0.6 is 24.0 Å². The van der Waals surface area contributed by atoms with Crippen molar-refractivity contribution in [3.8, 4) is 5.75 Å². The van der Waals surface area contributed by atoms with E-state index in [2.05, 4.69) is 39.9 Å². The van der Waals surface area contributed by atoms with Crippen molar-refractivity contribution in [2.45, 2.75) is 38.5 Å². The van der Waals surface area contributed by atoms with Crippen LogP contribution in [0, 0.1) is 0 Å². The molecule has 4 rings (SSSR count). The number of hydrogen-bond acceptors (Lipinski definition) is 3. The molecule has 160 valence electrons. The molecule has 1 saturated heterocycles. The molecule has 1 atom stereocenters. The Labute approximate surface area is 195 Å². The fourth-order valence-corrected chi connectivity index (χ4v) is 3.91. The van der Waals surface area contributed by atoms with Gasteiger partial charge in [-0.05, 0) is 29.2 Å². The van der Waals surface area contributed by atoms with Crippen LogP contribution in [0.25, 0.3) is 0 Å². The third-order valence-corrected chi connectivity index (χ3v) is 5.43. The Morgan fingerprint density at radius 3 is 2.77 bits per heavy atom. The van der Waals surface area contributed by atoms with E-state index in [1.54, 1.807) is 7.05 Å². The molecule has 2 heterocycles. The molecule has 2 aromatic rings. The topological polar surface area (TPSA) is 66.0 Å². The van der Waals surface area contributed by atoms with E-state index in [1.165, 1.54) is 16.7 Å². The zero-order chi connectivity index (χ0) is 20.1. The molecule has 0 radical (unpaired) electrons. The summed E-state index contributed by atoms with van der Waals surface area (Å²) in [5.74, 6) is 2.00. The van der Waals surface area contributed by atoms with Gasteiger partial charge >= 0.3 is 0 Å². The number of carbonyl (C=O) groups excluding carboxylic acids is 1. The summed E-state index contributed by atoms with van der Waals surface area (Å²) in [6, 6.07) is 16.6. The number of likely N-dealkylation sites (tertiary alicyclic amines) is 1. The summed E-state index contributed by atoms with van der Waals surface area (Å²) in [5.41, 5.74) is 3.59. The van der Waals surface area contributed by atoms with Crippen molar-refractivity contribution in [1.29, 1.82) is 0 Å². The van der Waals surface area contributed by atoms with E-state index in [0.29, 0.717) is 26.1 Å². The molecule has 0 bridgehead atoms. The number of para-hydroxylation sites is 1. The Hall–Kier alpha value is -2.29. The number of nitrogens with zero attached hydrogens (tertiary/aromatic N) is 2. The van der Waals surface area contributed by atoms with Gasteiger partial charge in [0.25, 0.3) is 0 Å². The minimum absolute atomic E-state index is 0. The van der Waals surface area contributed by atoms with Crippen LogP contribution in [-0.4, -0.2) is 43.0 Å². The molecule has 0 aliphatic carbocycles. The quantitative estimate of drug-likeness (QED) is 0.349. The van der Waals surface area contributed by atoms with Crippen molar-refractivity contribution in [2.75, 3.05) is 20.1 Å². The maximum absolute atomic E-state index is 11.8. The summed E-state index contributed by atoms with van der Waals surface area (Å²) in [5, 5.41) is 6.72. The molecule has 6 nitrogen and oxygen atoms in total. The number of aliphatic imine (C=N–C) groups is 1. The molecule has 0 spiro atoms. The van der Waals surface area contributed by atoms with Crippen molar-refractivity contribution < 1.29 is 9.53 Å². The highest BCUT2D eigenvalue weighted by atomic mass is 127. The molecular formula is C23H29IN4O2. The summed E-state index contributed by atoms with van der Waals surface area (Å²) >= 11 is 0. The fourth-order valence-electron chi connectivity index (χ4n) is 3.91. The lowest BCUT2D eigenvalue weighted by atomic mass is 10.1. The summed E-state index contributed by atoms with van der Waals surface area (Å²) < 4.78 is 5.97. The normalized spacial score (nSPS) is 17.9. The number of nitrogens with one attached hydrogen (secondary N) is 2. The number of amides is 1. The largest absolute Gasteiger partial charge is 0.488 e. The third kappa shape index (κ3) is 5.65. The standard InChI is InChI=1S/C23H28N4O2.HI/c1-24-23(26-15-20-13-19-8-2-3-9-21(19)29-20)25-14-17-6-4-7-18(12-17)16-27-11-5-10-22(27)28;/h2-4,6-9,12,20H,5,10-11,13-16H2,1H3,(H2,24,25,26);1H. The monoisotopic (exact) mass is 520 g/mol. The van der Waals surface area contributed by atoms with E-state index in [0.717, 1.165) is 31.1 Å². The van der Waals surface area contributed by atoms with Crippen LogP contribution in [-0.2, 0) is 24.3 Å². The first kappa shape index (κ1) is 22.4. The van der Waals surface area contributed by atoms with E-state index in [1.807, 2.05) is 29.2 Å². The first-order valence-electron chi connectivity index (χ1n) is 10.3. The number of guanidine groups is 1. The Morgan fingerprint density at radius 2 is 2.00 bits per heavy atom. The summed E-state index contributed by atoms with van der Waals surface area (Å²) in [7, 11) is 1.77. The molecule has 0 aromatic heterocycles. The lowest BCUT2D eigenvalue weighted by Gasteiger charge is -2.17. The van der Waals surface area contributed by atoms with Gasteiger partial charge in [-0.15, -0.1) is 24.0 Å². The van der Waals surface area contributed by atoms with Crippen molar-refractivity contribution in [2.24, 2.45) is 4.99 Å². The van der Waals surface area contributed by atoms with Crippen LogP contribution < -0.4 is 15.4 Å². The molecule has 2 aliphatic heterocycles. The maximum atomic E-state index is 11.8. The maximum Gasteiger partial charge on any atom is 0.222 e. The Morgan fingerprint density at radius 1 is 1.17 bits per heavy atom. The zero-order valence-corrected chi connectivity index (χ0v) is 19.6. The van der Waals surface area contributed by atoms with Crippen molar-refractivity contribution in [1.82, 2.24) is 15.5 Å². The van der Waals surface area contributed by atoms with Crippen LogP contribution in [0.15, 0.2) is 53.5 Å². The van der Waals surface area contributed by atoms with Gasteiger partial charge < -0.3 is 20.3 Å². The van der Waals surface area contributed by atoms with Crippen molar-refractivity contribution in [3.63, 3.8) is 0 Å². The SMILES string of the molecule is CN=C(NCc1cccc(CN2CCCC2=O)c1)NCC1Cc2ccccc2O1.I. The lowest BCUT2D eigenvalue weighted by Crippen LogP contribution is -2.41. The number of hydrogen-bond donors (Lipinski definition) is 2. The molecule has 2 N–H and O–H groups in total. The van der Waals surface area contributed by atoms with Gasteiger partial charge in [-0.25, -0.2) is 0 Å². The molecule has 7 heteroatoms. The van der Waals surface area contributed by atoms with E-state index in [4.69, 9.17) is 4.74 Å². The number of carbonyl (C=O) groups is 1. The van der Waals surface area contributed by atoms with Crippen LogP contribution in [0.3, 0.4) is 0 Å². The number of ether oxygens (including phenoxy) is 1. The average Bonchev–Trinajstić information content (AvgIpc) is 3.34. The van der Waals surface area contributed by atoms with Gasteiger partial charge in [0.05, 0.1) is 6.54 Å². The molecule has 0 saturated carbocycles. The van der Waals surface area contributed by atoms with Crippen LogP contribution in [0.5, 0.6) is 5.75 Å². The first-order valence-corrected chi connectivity index (χ1v) is 10.3. The molecule has 1 fully saturated rings. The Balaban J connectivity index is 0.00000256. The molecule has 2 aromatic carbocycles. The van der Waals surface area contributed by atoms with E-state index < -0.39 is 0 Å². The van der Waals surface area contributed by atoms with Crippen molar-refractivity contribution >= 4 is 35.8 Å². The highest BCUT2D eigenvalue weighted by Gasteiger charge is 2.22. The van der Waals surface area contributed by atoms with E-state index in [-0.39, 0.29) is 36.0 Å². The second-order valence-corrected chi connectivity index (χ2v) is 7.60. The lowest BCUT2D eigenvalue weighted by molar-refractivity contribution is -0.128. The number of benzene rings is 2. The van der Waals surface area contributed by atoms with Gasteiger partial charge in [0.2, 0.25) is 5.91 Å². The number of halogens is 1. The van der Waals surface area contributed by atoms with Crippen molar-refractivity contribution in [3.05, 3.63) is 65.2 Å². The minimum Gasteiger partial charge on any atom is -0.488 e. The summed E-state index contributed by atoms with van der Waals surface area (Å²) in [6.07, 6.45) is 2.68. The minimum atomic E-state index is 0. The molecule has 1 amide bonds. The number of rotatable bonds is 6. The molecule has 30 heavy (non-hydrogen) atoms. The molecular weight excluding hydrogens is 491 g/mol. The van der Waals surface area contributed by atoms with Crippen LogP contribution in [0.1, 0.15) is 29.5 Å². The first-order chi connectivity index (χ1) is 14.2. The van der Waals surface area contributed by atoms with E-state index in [9.17, 15) is 4.79 Å².